The van der Waals surface area contributed by atoms with Gasteiger partial charge in [0.1, 0.15) is 17.9 Å². The number of ether oxygens (including phenoxy) is 1. The standard InChI is InChI=1S/C19H21N3O3/c23-13-15-3-5-17(6-4-15)25-14-19(24)21-12-16-7-8-20-18(11-16)22-9-1-2-10-22/h3-8,11,13H,1-2,9-10,12,14H2,(H,21,24). The van der Waals surface area contributed by atoms with Crippen LogP contribution in [-0.2, 0) is 11.3 Å². The monoisotopic (exact) mass is 339 g/mol. The Morgan fingerprint density at radius 1 is 1.20 bits per heavy atom. The first-order chi connectivity index (χ1) is 12.2. The summed E-state index contributed by atoms with van der Waals surface area (Å²) in [5, 5.41) is 2.84. The van der Waals surface area contributed by atoms with E-state index in [1.54, 1.807) is 30.5 Å². The minimum atomic E-state index is -0.195. The summed E-state index contributed by atoms with van der Waals surface area (Å²) >= 11 is 0. The number of aldehydes is 1. The molecule has 0 bridgehead atoms. The molecule has 25 heavy (non-hydrogen) atoms. The fourth-order valence-corrected chi connectivity index (χ4v) is 2.73. The minimum Gasteiger partial charge on any atom is -0.484 e. The molecule has 0 radical (unpaired) electrons. The van der Waals surface area contributed by atoms with Crippen molar-refractivity contribution in [1.82, 2.24) is 10.3 Å². The number of benzene rings is 1. The smallest absolute Gasteiger partial charge is 0.258 e. The van der Waals surface area contributed by atoms with Crippen LogP contribution in [0.2, 0.25) is 0 Å². The average Bonchev–Trinajstić information content (AvgIpc) is 3.20. The number of carbonyl (C=O) groups excluding carboxylic acids is 2. The van der Waals surface area contributed by atoms with Crippen molar-refractivity contribution in [3.05, 3.63) is 53.7 Å². The molecule has 1 aromatic heterocycles. The Hall–Kier alpha value is -2.89. The summed E-state index contributed by atoms with van der Waals surface area (Å²) in [4.78, 5) is 29.2. The van der Waals surface area contributed by atoms with Crippen LogP contribution >= 0.6 is 0 Å². The van der Waals surface area contributed by atoms with Crippen molar-refractivity contribution in [2.45, 2.75) is 19.4 Å². The number of amides is 1. The van der Waals surface area contributed by atoms with Crippen LogP contribution in [-0.4, -0.2) is 36.9 Å². The quantitative estimate of drug-likeness (QED) is 0.783. The van der Waals surface area contributed by atoms with Gasteiger partial charge in [-0.2, -0.15) is 0 Å². The molecule has 0 aliphatic carbocycles. The molecular formula is C19H21N3O3. The lowest BCUT2D eigenvalue weighted by Gasteiger charge is -2.17. The van der Waals surface area contributed by atoms with Crippen LogP contribution in [0.5, 0.6) is 5.75 Å². The van der Waals surface area contributed by atoms with Gasteiger partial charge in [0.25, 0.3) is 5.91 Å². The zero-order valence-electron chi connectivity index (χ0n) is 14.0. The Balaban J connectivity index is 1.46. The van der Waals surface area contributed by atoms with Crippen molar-refractivity contribution in [3.63, 3.8) is 0 Å². The van der Waals surface area contributed by atoms with Gasteiger partial charge >= 0.3 is 0 Å². The van der Waals surface area contributed by atoms with E-state index in [0.717, 1.165) is 30.8 Å². The van der Waals surface area contributed by atoms with Gasteiger partial charge in [-0.1, -0.05) is 0 Å². The number of rotatable bonds is 7. The van der Waals surface area contributed by atoms with Gasteiger partial charge in [0.2, 0.25) is 0 Å². The van der Waals surface area contributed by atoms with E-state index in [4.69, 9.17) is 4.74 Å². The first-order valence-corrected chi connectivity index (χ1v) is 8.39. The molecule has 6 heteroatoms. The van der Waals surface area contributed by atoms with Gasteiger partial charge in [0.15, 0.2) is 6.61 Å². The molecule has 1 saturated heterocycles. The maximum absolute atomic E-state index is 11.9. The third-order valence-electron chi connectivity index (χ3n) is 4.12. The topological polar surface area (TPSA) is 71.5 Å². The molecule has 130 valence electrons. The number of nitrogens with zero attached hydrogens (tertiary/aromatic N) is 2. The van der Waals surface area contributed by atoms with E-state index in [0.29, 0.717) is 17.9 Å². The number of anilines is 1. The maximum atomic E-state index is 11.9. The van der Waals surface area contributed by atoms with Crippen LogP contribution in [0, 0.1) is 0 Å². The summed E-state index contributed by atoms with van der Waals surface area (Å²) < 4.78 is 5.41. The highest BCUT2D eigenvalue weighted by Gasteiger charge is 2.13. The predicted molar refractivity (Wildman–Crippen MR) is 94.9 cm³/mol. The molecule has 0 saturated carbocycles. The Kier molecular flexibility index (Phi) is 5.61. The predicted octanol–water partition coefficient (Wildman–Crippen LogP) is 2.19. The van der Waals surface area contributed by atoms with E-state index >= 15 is 0 Å². The molecule has 2 heterocycles. The minimum absolute atomic E-state index is 0.0650. The molecule has 1 fully saturated rings. The van der Waals surface area contributed by atoms with Gasteiger partial charge in [0.05, 0.1) is 0 Å². The van der Waals surface area contributed by atoms with E-state index in [1.165, 1.54) is 12.8 Å². The lowest BCUT2D eigenvalue weighted by molar-refractivity contribution is -0.123. The van der Waals surface area contributed by atoms with Gasteiger partial charge < -0.3 is 15.0 Å². The van der Waals surface area contributed by atoms with Gasteiger partial charge in [-0.25, -0.2) is 4.98 Å². The number of carbonyl (C=O) groups is 2. The lowest BCUT2D eigenvalue weighted by atomic mass is 10.2. The zero-order chi connectivity index (χ0) is 17.5. The highest BCUT2D eigenvalue weighted by Crippen LogP contribution is 2.18. The van der Waals surface area contributed by atoms with Gasteiger partial charge in [-0.15, -0.1) is 0 Å². The molecule has 0 spiro atoms. The van der Waals surface area contributed by atoms with Crippen LogP contribution in [0.25, 0.3) is 0 Å². The molecule has 1 amide bonds. The first kappa shape index (κ1) is 17.0. The molecule has 1 aliphatic heterocycles. The fraction of sp³-hybridized carbons (Fsp3) is 0.316. The number of hydrogen-bond acceptors (Lipinski definition) is 5. The molecular weight excluding hydrogens is 318 g/mol. The fourth-order valence-electron chi connectivity index (χ4n) is 2.73. The molecule has 1 aromatic carbocycles. The number of aromatic nitrogens is 1. The molecule has 2 aromatic rings. The van der Waals surface area contributed by atoms with Gasteiger partial charge in [0, 0.05) is 31.4 Å². The molecule has 0 atom stereocenters. The average molecular weight is 339 g/mol. The summed E-state index contributed by atoms with van der Waals surface area (Å²) in [6, 6.07) is 10.6. The van der Waals surface area contributed by atoms with Crippen molar-refractivity contribution in [2.24, 2.45) is 0 Å². The summed E-state index contributed by atoms with van der Waals surface area (Å²) in [5.41, 5.74) is 1.59. The van der Waals surface area contributed by atoms with Gasteiger partial charge in [-0.3, -0.25) is 9.59 Å². The number of nitrogens with one attached hydrogen (secondary N) is 1. The molecule has 3 rings (SSSR count). The normalized spacial score (nSPS) is 13.5. The third-order valence-corrected chi connectivity index (χ3v) is 4.12. The summed E-state index contributed by atoms with van der Waals surface area (Å²) in [6.45, 7) is 2.46. The summed E-state index contributed by atoms with van der Waals surface area (Å²) in [5.74, 6) is 1.33. The molecule has 0 unspecified atom stereocenters. The van der Waals surface area contributed by atoms with Crippen LogP contribution in [0.4, 0.5) is 5.82 Å². The second-order valence-corrected chi connectivity index (χ2v) is 5.97. The summed E-state index contributed by atoms with van der Waals surface area (Å²) in [7, 11) is 0. The van der Waals surface area contributed by atoms with Crippen LogP contribution in [0.1, 0.15) is 28.8 Å². The van der Waals surface area contributed by atoms with Crippen molar-refractivity contribution in [2.75, 3.05) is 24.6 Å². The zero-order valence-corrected chi connectivity index (χ0v) is 14.0. The van der Waals surface area contributed by atoms with E-state index in [-0.39, 0.29) is 12.5 Å². The van der Waals surface area contributed by atoms with E-state index in [9.17, 15) is 9.59 Å². The second-order valence-electron chi connectivity index (χ2n) is 5.97. The Labute approximate surface area is 146 Å². The Morgan fingerprint density at radius 3 is 2.68 bits per heavy atom. The van der Waals surface area contributed by atoms with Crippen molar-refractivity contribution in [1.29, 1.82) is 0 Å². The van der Waals surface area contributed by atoms with Crippen LogP contribution in [0.3, 0.4) is 0 Å². The van der Waals surface area contributed by atoms with Crippen molar-refractivity contribution < 1.29 is 14.3 Å². The summed E-state index contributed by atoms with van der Waals surface area (Å²) in [6.07, 6.45) is 4.95. The Bertz CT molecular complexity index is 725. The van der Waals surface area contributed by atoms with Crippen LogP contribution < -0.4 is 15.0 Å². The molecule has 1 N–H and O–H groups in total. The Morgan fingerprint density at radius 2 is 1.96 bits per heavy atom. The second kappa shape index (κ2) is 8.28. The first-order valence-electron chi connectivity index (χ1n) is 8.39. The number of hydrogen-bond donors (Lipinski definition) is 1. The SMILES string of the molecule is O=Cc1ccc(OCC(=O)NCc2ccnc(N3CCCC3)c2)cc1. The van der Waals surface area contributed by atoms with E-state index in [1.807, 2.05) is 12.1 Å². The molecule has 1 aliphatic rings. The molecule has 6 nitrogen and oxygen atoms in total. The van der Waals surface area contributed by atoms with Gasteiger partial charge in [-0.05, 0) is 54.8 Å². The third kappa shape index (κ3) is 4.79. The highest BCUT2D eigenvalue weighted by atomic mass is 16.5. The largest absolute Gasteiger partial charge is 0.484 e. The van der Waals surface area contributed by atoms with E-state index in [2.05, 4.69) is 15.2 Å². The maximum Gasteiger partial charge on any atom is 0.258 e. The van der Waals surface area contributed by atoms with E-state index < -0.39 is 0 Å². The van der Waals surface area contributed by atoms with Crippen molar-refractivity contribution in [3.8, 4) is 5.75 Å². The van der Waals surface area contributed by atoms with Crippen LogP contribution in [0.15, 0.2) is 42.6 Å². The highest BCUT2D eigenvalue weighted by molar-refractivity contribution is 5.77. The van der Waals surface area contributed by atoms with Crippen molar-refractivity contribution >= 4 is 18.0 Å². The lowest BCUT2D eigenvalue weighted by Crippen LogP contribution is -2.28. The number of pyridine rings is 1.